The molecule has 4 aromatic rings. The van der Waals surface area contributed by atoms with E-state index in [0.717, 1.165) is 29.8 Å². The maximum absolute atomic E-state index is 14.9. The number of amides is 2. The number of rotatable bonds is 7. The van der Waals surface area contributed by atoms with E-state index in [2.05, 4.69) is 15.3 Å². The van der Waals surface area contributed by atoms with Gasteiger partial charge in [-0.15, -0.1) is 0 Å². The van der Waals surface area contributed by atoms with Crippen LogP contribution in [0.2, 0.25) is 0 Å². The highest BCUT2D eigenvalue weighted by Crippen LogP contribution is 2.30. The Balaban J connectivity index is 1.13. The number of nitrogens with one attached hydrogen (secondary N) is 1. The van der Waals surface area contributed by atoms with E-state index in [1.165, 1.54) is 24.3 Å². The summed E-state index contributed by atoms with van der Waals surface area (Å²) >= 11 is 0. The summed E-state index contributed by atoms with van der Waals surface area (Å²) in [5, 5.41) is 2.91. The summed E-state index contributed by atoms with van der Waals surface area (Å²) in [6.45, 7) is 1.06. The predicted octanol–water partition coefficient (Wildman–Crippen LogP) is 6.01. The molecule has 1 N–H and O–H groups in total. The van der Waals surface area contributed by atoms with Crippen molar-refractivity contribution in [3.05, 3.63) is 114 Å². The molecule has 3 aromatic carbocycles. The minimum Gasteiger partial charge on any atom is -0.339 e. The van der Waals surface area contributed by atoms with Gasteiger partial charge in [-0.2, -0.15) is 0 Å². The number of anilines is 1. The average Bonchev–Trinajstić information content (AvgIpc) is 2.97. The van der Waals surface area contributed by atoms with Gasteiger partial charge < -0.3 is 10.2 Å². The van der Waals surface area contributed by atoms with Crippen LogP contribution in [0.3, 0.4) is 0 Å². The molecule has 0 bridgehead atoms. The monoisotopic (exact) mass is 526 g/mol. The van der Waals surface area contributed by atoms with Gasteiger partial charge in [-0.1, -0.05) is 30.3 Å². The lowest BCUT2D eigenvalue weighted by atomic mass is 9.89. The van der Waals surface area contributed by atoms with E-state index in [1.54, 1.807) is 41.7 Å². The van der Waals surface area contributed by atoms with Gasteiger partial charge in [-0.05, 0) is 78.3 Å². The van der Waals surface area contributed by atoms with E-state index < -0.39 is 5.82 Å². The zero-order valence-corrected chi connectivity index (χ0v) is 21.3. The van der Waals surface area contributed by atoms with Crippen LogP contribution in [0.15, 0.2) is 85.3 Å². The Hall–Kier alpha value is -4.46. The Kier molecular flexibility index (Phi) is 8.01. The van der Waals surface area contributed by atoms with Crippen molar-refractivity contribution >= 4 is 17.5 Å². The predicted molar refractivity (Wildman–Crippen MR) is 145 cm³/mol. The minimum atomic E-state index is -0.585. The summed E-state index contributed by atoms with van der Waals surface area (Å²) in [4.78, 5) is 35.2. The third-order valence-electron chi connectivity index (χ3n) is 7.05. The van der Waals surface area contributed by atoms with Crippen LogP contribution in [0, 0.1) is 11.6 Å². The third kappa shape index (κ3) is 6.52. The maximum Gasteiger partial charge on any atom is 0.256 e. The number of likely N-dealkylation sites (tertiary alicyclic amines) is 1. The lowest BCUT2D eigenvalue weighted by molar-refractivity contribution is -0.116. The average molecular weight is 527 g/mol. The SMILES string of the molecule is O=C(CCc1cnccn1)Nc1ccc(C2CCN(C(=O)c3ccc(-c4ccc(F)cc4)cc3F)CC2)cc1. The molecule has 1 aliphatic heterocycles. The summed E-state index contributed by atoms with van der Waals surface area (Å²) in [5.74, 6) is -1.07. The molecule has 2 amide bonds. The largest absolute Gasteiger partial charge is 0.339 e. The van der Waals surface area contributed by atoms with Crippen LogP contribution < -0.4 is 5.32 Å². The highest BCUT2D eigenvalue weighted by atomic mass is 19.1. The van der Waals surface area contributed by atoms with Crippen molar-refractivity contribution in [3.8, 4) is 11.1 Å². The van der Waals surface area contributed by atoms with Crippen molar-refractivity contribution in [2.75, 3.05) is 18.4 Å². The summed E-state index contributed by atoms with van der Waals surface area (Å²) in [7, 11) is 0. The summed E-state index contributed by atoms with van der Waals surface area (Å²) in [5.41, 5.74) is 3.97. The smallest absolute Gasteiger partial charge is 0.256 e. The van der Waals surface area contributed by atoms with Crippen molar-refractivity contribution in [2.24, 2.45) is 0 Å². The van der Waals surface area contributed by atoms with Crippen molar-refractivity contribution < 1.29 is 18.4 Å². The number of carbonyl (C=O) groups excluding carboxylic acids is 2. The second-order valence-corrected chi connectivity index (χ2v) is 9.63. The number of halogens is 2. The van der Waals surface area contributed by atoms with Gasteiger partial charge in [0.25, 0.3) is 5.91 Å². The van der Waals surface area contributed by atoms with E-state index in [1.807, 2.05) is 24.3 Å². The maximum atomic E-state index is 14.9. The number of benzene rings is 3. The fraction of sp³-hybridized carbons (Fsp3) is 0.226. The number of carbonyl (C=O) groups is 2. The van der Waals surface area contributed by atoms with Crippen molar-refractivity contribution in [2.45, 2.75) is 31.6 Å². The summed E-state index contributed by atoms with van der Waals surface area (Å²) in [6, 6.07) is 18.1. The first-order valence-electron chi connectivity index (χ1n) is 13.0. The zero-order chi connectivity index (χ0) is 27.2. The number of aromatic nitrogens is 2. The second kappa shape index (κ2) is 11.9. The Morgan fingerprint density at radius 2 is 1.62 bits per heavy atom. The molecule has 2 heterocycles. The van der Waals surface area contributed by atoms with Crippen molar-refractivity contribution in [3.63, 3.8) is 0 Å². The highest BCUT2D eigenvalue weighted by molar-refractivity contribution is 5.95. The number of aryl methyl sites for hydroxylation is 1. The summed E-state index contributed by atoms with van der Waals surface area (Å²) < 4.78 is 28.1. The van der Waals surface area contributed by atoms with Crippen LogP contribution in [-0.2, 0) is 11.2 Å². The number of hydrogen-bond acceptors (Lipinski definition) is 4. The quantitative estimate of drug-likeness (QED) is 0.320. The molecule has 198 valence electrons. The van der Waals surface area contributed by atoms with Gasteiger partial charge >= 0.3 is 0 Å². The van der Waals surface area contributed by atoms with Gasteiger partial charge in [-0.25, -0.2) is 8.78 Å². The molecule has 5 rings (SSSR count). The van der Waals surface area contributed by atoms with E-state index in [-0.39, 0.29) is 29.1 Å². The lowest BCUT2D eigenvalue weighted by Crippen LogP contribution is -2.38. The molecule has 1 aliphatic rings. The Bertz CT molecular complexity index is 1440. The van der Waals surface area contributed by atoms with Crippen LogP contribution in [0.1, 0.15) is 46.8 Å². The molecule has 0 atom stereocenters. The van der Waals surface area contributed by atoms with Gasteiger partial charge in [0.2, 0.25) is 5.91 Å². The first kappa shape index (κ1) is 26.2. The molecule has 0 aliphatic carbocycles. The van der Waals surface area contributed by atoms with Crippen molar-refractivity contribution in [1.29, 1.82) is 0 Å². The Morgan fingerprint density at radius 1 is 0.897 bits per heavy atom. The number of nitrogens with zero attached hydrogens (tertiary/aromatic N) is 3. The molecule has 1 fully saturated rings. The molecule has 8 heteroatoms. The fourth-order valence-corrected chi connectivity index (χ4v) is 4.86. The first-order chi connectivity index (χ1) is 19.0. The number of hydrogen-bond donors (Lipinski definition) is 1. The highest BCUT2D eigenvalue weighted by Gasteiger charge is 2.26. The standard InChI is InChI=1S/C31H28F2N4O2/c32-25-6-1-22(2-7-25)24-5-11-28(29(33)19-24)31(39)37-17-13-23(14-18-37)21-3-8-26(9-4-21)36-30(38)12-10-27-20-34-15-16-35-27/h1-9,11,15-16,19-20,23H,10,12-14,17-18H2,(H,36,38). The van der Waals surface area contributed by atoms with Crippen LogP contribution in [0.5, 0.6) is 0 Å². The van der Waals surface area contributed by atoms with Crippen LogP contribution in [0.4, 0.5) is 14.5 Å². The van der Waals surface area contributed by atoms with Gasteiger partial charge in [-0.3, -0.25) is 19.6 Å². The second-order valence-electron chi connectivity index (χ2n) is 9.63. The minimum absolute atomic E-state index is 0.0405. The molecule has 0 spiro atoms. The molecule has 6 nitrogen and oxygen atoms in total. The first-order valence-corrected chi connectivity index (χ1v) is 13.0. The summed E-state index contributed by atoms with van der Waals surface area (Å²) in [6.07, 6.45) is 7.25. The Morgan fingerprint density at radius 3 is 2.28 bits per heavy atom. The molecule has 0 saturated carbocycles. The lowest BCUT2D eigenvalue weighted by Gasteiger charge is -2.32. The van der Waals surface area contributed by atoms with Gasteiger partial charge in [0.1, 0.15) is 11.6 Å². The van der Waals surface area contributed by atoms with E-state index in [4.69, 9.17) is 0 Å². The van der Waals surface area contributed by atoms with Crippen LogP contribution in [0.25, 0.3) is 11.1 Å². The normalized spacial score (nSPS) is 13.7. The topological polar surface area (TPSA) is 75.2 Å². The molecule has 0 radical (unpaired) electrons. The van der Waals surface area contributed by atoms with Crippen LogP contribution in [-0.4, -0.2) is 39.8 Å². The van der Waals surface area contributed by atoms with Crippen LogP contribution >= 0.6 is 0 Å². The molecule has 1 aromatic heterocycles. The third-order valence-corrected chi connectivity index (χ3v) is 7.05. The van der Waals surface area contributed by atoms with Gasteiger partial charge in [0, 0.05) is 43.8 Å². The molecule has 1 saturated heterocycles. The van der Waals surface area contributed by atoms with E-state index >= 15 is 0 Å². The van der Waals surface area contributed by atoms with Gasteiger partial charge in [0.15, 0.2) is 0 Å². The Labute approximate surface area is 225 Å². The van der Waals surface area contributed by atoms with E-state index in [0.29, 0.717) is 37.1 Å². The molecule has 0 unspecified atom stereocenters. The molecular formula is C31H28F2N4O2. The van der Waals surface area contributed by atoms with Crippen molar-refractivity contribution in [1.82, 2.24) is 14.9 Å². The van der Waals surface area contributed by atoms with Gasteiger partial charge in [0.05, 0.1) is 11.3 Å². The number of piperidine rings is 1. The molecular weight excluding hydrogens is 498 g/mol. The fourth-order valence-electron chi connectivity index (χ4n) is 4.86. The van der Waals surface area contributed by atoms with E-state index in [9.17, 15) is 18.4 Å². The zero-order valence-electron chi connectivity index (χ0n) is 21.3. The molecule has 39 heavy (non-hydrogen) atoms.